The molecule has 2 aliphatic rings. The summed E-state index contributed by atoms with van der Waals surface area (Å²) in [6.07, 6.45) is 2.09. The standard InChI is InChI=1S/C18H30N4O2S.ClH/c1-4-22(14-5-11-24-12-6-14)17-13(2)15(16(19)23)18(25-17)21-9-7-20(3)8-10-21;/h14H,4-12H2,1-3H3,(H2,19,23);1H. The Labute approximate surface area is 166 Å². The summed E-state index contributed by atoms with van der Waals surface area (Å²) < 4.78 is 5.52. The summed E-state index contributed by atoms with van der Waals surface area (Å²) in [6.45, 7) is 10.7. The normalized spacial score (nSPS) is 19.3. The predicted molar refractivity (Wildman–Crippen MR) is 111 cm³/mol. The predicted octanol–water partition coefficient (Wildman–Crippen LogP) is 2.33. The Bertz CT molecular complexity index is 611. The minimum absolute atomic E-state index is 0. The van der Waals surface area contributed by atoms with Crippen molar-refractivity contribution in [2.45, 2.75) is 32.7 Å². The molecule has 0 spiro atoms. The maximum Gasteiger partial charge on any atom is 0.252 e. The zero-order valence-electron chi connectivity index (χ0n) is 16.0. The van der Waals surface area contributed by atoms with E-state index >= 15 is 0 Å². The van der Waals surface area contributed by atoms with Crippen LogP contribution in [0.1, 0.15) is 35.7 Å². The van der Waals surface area contributed by atoms with Gasteiger partial charge in [-0.25, -0.2) is 0 Å². The molecule has 1 amide bonds. The SMILES string of the molecule is CCN(c1sc(N2CCN(C)CC2)c(C(N)=O)c1C)C1CCOCC1.Cl. The number of hydrogen-bond acceptors (Lipinski definition) is 6. The van der Waals surface area contributed by atoms with Crippen LogP contribution in [-0.2, 0) is 4.74 Å². The third-order valence-electron chi connectivity index (χ3n) is 5.37. The summed E-state index contributed by atoms with van der Waals surface area (Å²) in [6, 6.07) is 0.483. The Balaban J connectivity index is 0.00000243. The van der Waals surface area contributed by atoms with Gasteiger partial charge in [0.15, 0.2) is 0 Å². The van der Waals surface area contributed by atoms with Crippen LogP contribution in [0.5, 0.6) is 0 Å². The van der Waals surface area contributed by atoms with Crippen LogP contribution < -0.4 is 15.5 Å². The van der Waals surface area contributed by atoms with Crippen molar-refractivity contribution in [1.82, 2.24) is 4.90 Å². The van der Waals surface area contributed by atoms with Gasteiger partial charge in [0.2, 0.25) is 0 Å². The number of anilines is 2. The van der Waals surface area contributed by atoms with E-state index in [0.29, 0.717) is 6.04 Å². The van der Waals surface area contributed by atoms with Gasteiger partial charge in [-0.2, -0.15) is 0 Å². The van der Waals surface area contributed by atoms with E-state index in [1.807, 2.05) is 6.92 Å². The molecule has 148 valence electrons. The average Bonchev–Trinajstić information content (AvgIpc) is 2.95. The van der Waals surface area contributed by atoms with Gasteiger partial charge in [-0.3, -0.25) is 4.79 Å². The molecule has 2 fully saturated rings. The largest absolute Gasteiger partial charge is 0.381 e. The van der Waals surface area contributed by atoms with Gasteiger partial charge in [0, 0.05) is 52.0 Å². The summed E-state index contributed by atoms with van der Waals surface area (Å²) in [7, 11) is 2.14. The van der Waals surface area contributed by atoms with E-state index in [-0.39, 0.29) is 18.3 Å². The van der Waals surface area contributed by atoms with Crippen LogP contribution in [0, 0.1) is 6.92 Å². The number of hydrogen-bond donors (Lipinski definition) is 1. The Kier molecular flexibility index (Phi) is 7.58. The van der Waals surface area contributed by atoms with Crippen LogP contribution in [0.4, 0.5) is 10.0 Å². The van der Waals surface area contributed by atoms with E-state index in [1.54, 1.807) is 11.3 Å². The Morgan fingerprint density at radius 3 is 2.42 bits per heavy atom. The lowest BCUT2D eigenvalue weighted by molar-refractivity contribution is 0.0847. The first-order chi connectivity index (χ1) is 12.0. The molecular formula is C18H31ClN4O2S. The lowest BCUT2D eigenvalue weighted by Gasteiger charge is -2.35. The first-order valence-corrected chi connectivity index (χ1v) is 10.1. The maximum atomic E-state index is 12.2. The van der Waals surface area contributed by atoms with E-state index in [1.165, 1.54) is 5.00 Å². The Morgan fingerprint density at radius 2 is 1.88 bits per heavy atom. The lowest BCUT2D eigenvalue weighted by atomic mass is 10.1. The first-order valence-electron chi connectivity index (χ1n) is 9.24. The quantitative estimate of drug-likeness (QED) is 0.819. The summed E-state index contributed by atoms with van der Waals surface area (Å²) in [4.78, 5) is 19.3. The van der Waals surface area contributed by atoms with Gasteiger partial charge in [0.25, 0.3) is 5.91 Å². The van der Waals surface area contributed by atoms with Gasteiger partial charge in [-0.1, -0.05) is 11.3 Å². The molecular weight excluding hydrogens is 372 g/mol. The molecule has 1 aromatic rings. The molecule has 26 heavy (non-hydrogen) atoms. The number of piperazine rings is 1. The number of likely N-dealkylation sites (N-methyl/N-ethyl adjacent to an activating group) is 1. The molecule has 0 unspecified atom stereocenters. The van der Waals surface area contributed by atoms with E-state index < -0.39 is 0 Å². The molecule has 6 nitrogen and oxygen atoms in total. The van der Waals surface area contributed by atoms with Crippen molar-refractivity contribution in [3.8, 4) is 0 Å². The number of thiophene rings is 1. The summed E-state index contributed by atoms with van der Waals surface area (Å²) in [5, 5.41) is 2.26. The third-order valence-corrected chi connectivity index (χ3v) is 6.76. The topological polar surface area (TPSA) is 62.0 Å². The molecule has 2 aliphatic heterocycles. The highest BCUT2D eigenvalue weighted by atomic mass is 35.5. The number of carbonyl (C=O) groups excluding carboxylic acids is 1. The van der Waals surface area contributed by atoms with Gasteiger partial charge in [0.05, 0.1) is 10.6 Å². The molecule has 3 rings (SSSR count). The van der Waals surface area contributed by atoms with Gasteiger partial charge in [0.1, 0.15) is 5.00 Å². The van der Waals surface area contributed by atoms with Crippen molar-refractivity contribution < 1.29 is 9.53 Å². The van der Waals surface area contributed by atoms with Crippen molar-refractivity contribution in [3.63, 3.8) is 0 Å². The second-order valence-corrected chi connectivity index (χ2v) is 7.97. The van der Waals surface area contributed by atoms with Crippen molar-refractivity contribution in [1.29, 1.82) is 0 Å². The highest BCUT2D eigenvalue weighted by Crippen LogP contribution is 2.43. The highest BCUT2D eigenvalue weighted by molar-refractivity contribution is 7.20. The Morgan fingerprint density at radius 1 is 1.27 bits per heavy atom. The highest BCUT2D eigenvalue weighted by Gasteiger charge is 2.30. The van der Waals surface area contributed by atoms with Crippen LogP contribution in [0.3, 0.4) is 0 Å². The minimum Gasteiger partial charge on any atom is -0.381 e. The van der Waals surface area contributed by atoms with Gasteiger partial charge >= 0.3 is 0 Å². The molecule has 0 atom stereocenters. The van der Waals surface area contributed by atoms with Gasteiger partial charge in [-0.05, 0) is 39.3 Å². The van der Waals surface area contributed by atoms with Crippen molar-refractivity contribution in [2.24, 2.45) is 5.73 Å². The fourth-order valence-electron chi connectivity index (χ4n) is 3.85. The molecule has 0 saturated carbocycles. The lowest BCUT2D eigenvalue weighted by Crippen LogP contribution is -2.44. The van der Waals surface area contributed by atoms with Crippen molar-refractivity contribution in [2.75, 3.05) is 62.8 Å². The average molecular weight is 403 g/mol. The van der Waals surface area contributed by atoms with Crippen molar-refractivity contribution in [3.05, 3.63) is 11.1 Å². The zero-order chi connectivity index (χ0) is 18.0. The molecule has 0 radical (unpaired) electrons. The maximum absolute atomic E-state index is 12.2. The van der Waals surface area contributed by atoms with Crippen LogP contribution in [0.2, 0.25) is 0 Å². The first kappa shape index (κ1) is 21.3. The van der Waals surface area contributed by atoms with E-state index in [2.05, 4.69) is 28.7 Å². The van der Waals surface area contributed by atoms with Gasteiger partial charge < -0.3 is 25.2 Å². The molecule has 8 heteroatoms. The van der Waals surface area contributed by atoms with E-state index in [4.69, 9.17) is 10.5 Å². The monoisotopic (exact) mass is 402 g/mol. The molecule has 2 N–H and O–H groups in total. The van der Waals surface area contributed by atoms with Crippen LogP contribution in [-0.4, -0.2) is 69.8 Å². The number of nitrogens with zero attached hydrogens (tertiary/aromatic N) is 3. The second-order valence-electron chi connectivity index (χ2n) is 7.00. The van der Waals surface area contributed by atoms with Crippen LogP contribution >= 0.6 is 23.7 Å². The molecule has 0 aromatic carbocycles. The molecule has 0 aliphatic carbocycles. The number of nitrogens with two attached hydrogens (primary N) is 1. The van der Waals surface area contributed by atoms with E-state index in [0.717, 1.165) is 74.9 Å². The zero-order valence-corrected chi connectivity index (χ0v) is 17.6. The fraction of sp³-hybridized carbons (Fsp3) is 0.722. The number of ether oxygens (including phenoxy) is 1. The van der Waals surface area contributed by atoms with Crippen molar-refractivity contribution >= 4 is 39.7 Å². The van der Waals surface area contributed by atoms with Crippen LogP contribution in [0.15, 0.2) is 0 Å². The molecule has 2 saturated heterocycles. The van der Waals surface area contributed by atoms with Gasteiger partial charge in [-0.15, -0.1) is 12.4 Å². The fourth-order valence-corrected chi connectivity index (χ4v) is 5.35. The molecule has 1 aromatic heterocycles. The summed E-state index contributed by atoms with van der Waals surface area (Å²) >= 11 is 1.74. The minimum atomic E-state index is -0.308. The number of primary amides is 1. The van der Waals surface area contributed by atoms with E-state index in [9.17, 15) is 4.79 Å². The summed E-state index contributed by atoms with van der Waals surface area (Å²) in [5.41, 5.74) is 7.53. The summed E-state index contributed by atoms with van der Waals surface area (Å²) in [5.74, 6) is -0.308. The van der Waals surface area contributed by atoms with Crippen LogP contribution in [0.25, 0.3) is 0 Å². The number of amides is 1. The molecule has 3 heterocycles. The number of halogens is 1. The number of carbonyl (C=O) groups is 1. The smallest absolute Gasteiger partial charge is 0.252 e. The number of rotatable bonds is 5. The third kappa shape index (κ3) is 4.27. The second kappa shape index (κ2) is 9.26. The molecule has 0 bridgehead atoms. The Hall–Kier alpha value is -1.02.